The fourth-order valence-corrected chi connectivity index (χ4v) is 3.16. The number of hydrogen-bond acceptors (Lipinski definition) is 5. The van der Waals surface area contributed by atoms with Gasteiger partial charge in [0.25, 0.3) is 0 Å². The fourth-order valence-electron chi connectivity index (χ4n) is 3.16. The average Bonchev–Trinajstić information content (AvgIpc) is 3.42. The molecule has 128 valence electrons. The molecule has 8 nitrogen and oxygen atoms in total. The van der Waals surface area contributed by atoms with Crippen molar-refractivity contribution < 1.29 is 0 Å². The number of rotatable bonds is 2. The summed E-state index contributed by atoms with van der Waals surface area (Å²) in [5.74, 6) is 0. The molecular weight excluding hydrogens is 340 g/mol. The van der Waals surface area contributed by atoms with Gasteiger partial charge in [-0.2, -0.15) is 5.10 Å². The number of imidazole rings is 3. The van der Waals surface area contributed by atoms with Crippen LogP contribution >= 0.6 is 0 Å². The molecule has 0 fully saturated rings. The van der Waals surface area contributed by atoms with Gasteiger partial charge in [-0.1, -0.05) is 6.07 Å². The van der Waals surface area contributed by atoms with Gasteiger partial charge in [0.2, 0.25) is 0 Å². The van der Waals surface area contributed by atoms with E-state index in [9.17, 15) is 0 Å². The lowest BCUT2D eigenvalue weighted by atomic mass is 10.3. The lowest BCUT2D eigenvalue weighted by Gasteiger charge is -1.96. The van der Waals surface area contributed by atoms with Gasteiger partial charge in [-0.15, -0.1) is 0 Å². The largest absolute Gasteiger partial charge is 0.306 e. The van der Waals surface area contributed by atoms with Crippen molar-refractivity contribution in [3.05, 3.63) is 73.7 Å². The van der Waals surface area contributed by atoms with Gasteiger partial charge >= 0.3 is 0 Å². The van der Waals surface area contributed by atoms with Crippen molar-refractivity contribution in [1.29, 1.82) is 0 Å². The van der Waals surface area contributed by atoms with Crippen molar-refractivity contribution in [3.8, 4) is 22.8 Å². The second-order valence-electron chi connectivity index (χ2n) is 6.21. The molecule has 6 aromatic rings. The number of pyridine rings is 1. The van der Waals surface area contributed by atoms with E-state index in [1.165, 1.54) is 0 Å². The Morgan fingerprint density at radius 1 is 0.667 bits per heavy atom. The van der Waals surface area contributed by atoms with Crippen LogP contribution in [0.15, 0.2) is 73.7 Å². The summed E-state index contributed by atoms with van der Waals surface area (Å²) in [5, 5.41) is 4.67. The summed E-state index contributed by atoms with van der Waals surface area (Å²) >= 11 is 0. The van der Waals surface area contributed by atoms with Crippen molar-refractivity contribution in [1.82, 2.24) is 38.4 Å². The smallest absolute Gasteiger partial charge is 0.154 e. The molecule has 0 N–H and O–H groups in total. The predicted octanol–water partition coefficient (Wildman–Crippen LogP) is 2.75. The predicted molar refractivity (Wildman–Crippen MR) is 99.2 cm³/mol. The Bertz CT molecular complexity index is 1410. The quantitative estimate of drug-likeness (QED) is 0.479. The second kappa shape index (κ2) is 5.21. The molecule has 0 saturated carbocycles. The summed E-state index contributed by atoms with van der Waals surface area (Å²) in [6, 6.07) is 11.7. The summed E-state index contributed by atoms with van der Waals surface area (Å²) < 4.78 is 5.59. The van der Waals surface area contributed by atoms with Crippen LogP contribution in [0.4, 0.5) is 0 Å². The van der Waals surface area contributed by atoms with Gasteiger partial charge in [-0.05, 0) is 24.3 Å². The molecule has 6 heterocycles. The maximum Gasteiger partial charge on any atom is 0.154 e. The minimum absolute atomic E-state index is 0.750. The molecule has 0 aliphatic heterocycles. The zero-order chi connectivity index (χ0) is 17.8. The van der Waals surface area contributed by atoms with E-state index in [-0.39, 0.29) is 0 Å². The van der Waals surface area contributed by atoms with Gasteiger partial charge < -0.3 is 4.40 Å². The molecule has 0 amide bonds. The van der Waals surface area contributed by atoms with E-state index in [0.717, 1.165) is 39.7 Å². The molecule has 0 saturated heterocycles. The van der Waals surface area contributed by atoms with E-state index in [4.69, 9.17) is 0 Å². The highest BCUT2D eigenvalue weighted by atomic mass is 15.3. The zero-order valence-corrected chi connectivity index (χ0v) is 14.0. The van der Waals surface area contributed by atoms with Crippen molar-refractivity contribution >= 4 is 16.9 Å². The summed E-state index contributed by atoms with van der Waals surface area (Å²) in [5.41, 5.74) is 5.58. The molecule has 6 rings (SSSR count). The Morgan fingerprint density at radius 3 is 2.56 bits per heavy atom. The third-order valence-corrected chi connectivity index (χ3v) is 4.49. The van der Waals surface area contributed by atoms with Gasteiger partial charge in [0, 0.05) is 30.9 Å². The molecule has 0 unspecified atom stereocenters. The first-order chi connectivity index (χ1) is 13.3. The van der Waals surface area contributed by atoms with Crippen molar-refractivity contribution in [2.45, 2.75) is 0 Å². The molecule has 0 aliphatic carbocycles. The Kier molecular flexibility index (Phi) is 2.73. The Morgan fingerprint density at radius 2 is 1.59 bits per heavy atom. The lowest BCUT2D eigenvalue weighted by molar-refractivity contribution is 0.939. The SMILES string of the molecule is c1ccn2cc(-c3ccc4nc(-c5cc6nccn6cn5)cn4n3)nc2c1. The molecule has 0 radical (unpaired) electrons. The summed E-state index contributed by atoms with van der Waals surface area (Å²) in [4.78, 5) is 18.0. The number of nitrogens with zero attached hydrogens (tertiary/aromatic N) is 8. The maximum atomic E-state index is 4.67. The van der Waals surface area contributed by atoms with Gasteiger partial charge in [0.1, 0.15) is 34.7 Å². The van der Waals surface area contributed by atoms with E-state index in [2.05, 4.69) is 25.0 Å². The van der Waals surface area contributed by atoms with Crippen LogP contribution in [0.25, 0.3) is 39.7 Å². The first kappa shape index (κ1) is 14.1. The van der Waals surface area contributed by atoms with Crippen molar-refractivity contribution in [3.63, 3.8) is 0 Å². The topological polar surface area (TPSA) is 77.7 Å². The summed E-state index contributed by atoms with van der Waals surface area (Å²) in [6.45, 7) is 0. The number of hydrogen-bond donors (Lipinski definition) is 0. The third kappa shape index (κ3) is 2.20. The Balaban J connectivity index is 1.46. The highest BCUT2D eigenvalue weighted by Crippen LogP contribution is 2.21. The molecule has 0 atom stereocenters. The normalized spacial score (nSPS) is 11.7. The molecule has 0 spiro atoms. The standard InChI is InChI=1S/C19H12N8/c1-2-7-25-10-15(22-17(25)3-1)13-4-5-18-23-16(11-27(18)24-13)14-9-19-20-6-8-26(19)12-21-14/h1-12H. The Hall–Kier alpha value is -4.07. The minimum Gasteiger partial charge on any atom is -0.306 e. The summed E-state index contributed by atoms with van der Waals surface area (Å²) in [6.07, 6.45) is 11.1. The Labute approximate surface area is 152 Å². The molecular formula is C19H12N8. The van der Waals surface area contributed by atoms with E-state index < -0.39 is 0 Å². The lowest BCUT2D eigenvalue weighted by Crippen LogP contribution is -1.93. The van der Waals surface area contributed by atoms with E-state index in [1.807, 2.05) is 70.0 Å². The third-order valence-electron chi connectivity index (χ3n) is 4.49. The van der Waals surface area contributed by atoms with Gasteiger partial charge in [0.05, 0.1) is 11.9 Å². The molecule has 27 heavy (non-hydrogen) atoms. The average molecular weight is 352 g/mol. The van der Waals surface area contributed by atoms with E-state index in [0.29, 0.717) is 0 Å². The monoisotopic (exact) mass is 352 g/mol. The minimum atomic E-state index is 0.750. The molecule has 0 aliphatic rings. The highest BCUT2D eigenvalue weighted by molar-refractivity contribution is 5.64. The highest BCUT2D eigenvalue weighted by Gasteiger charge is 2.11. The van der Waals surface area contributed by atoms with Crippen molar-refractivity contribution in [2.75, 3.05) is 0 Å². The van der Waals surface area contributed by atoms with Crippen LogP contribution in [0.1, 0.15) is 0 Å². The van der Waals surface area contributed by atoms with Crippen LogP contribution in [0, 0.1) is 0 Å². The molecule has 0 aromatic carbocycles. The van der Waals surface area contributed by atoms with Gasteiger partial charge in [-0.25, -0.2) is 24.5 Å². The van der Waals surface area contributed by atoms with Gasteiger partial charge in [0.15, 0.2) is 5.65 Å². The fraction of sp³-hybridized carbons (Fsp3) is 0. The van der Waals surface area contributed by atoms with Crippen LogP contribution in [-0.2, 0) is 0 Å². The maximum absolute atomic E-state index is 4.67. The molecule has 6 aromatic heterocycles. The number of aromatic nitrogens is 8. The zero-order valence-electron chi connectivity index (χ0n) is 14.0. The van der Waals surface area contributed by atoms with E-state index in [1.54, 1.807) is 17.0 Å². The van der Waals surface area contributed by atoms with Crippen LogP contribution in [0.2, 0.25) is 0 Å². The molecule has 0 bridgehead atoms. The first-order valence-corrected chi connectivity index (χ1v) is 8.43. The van der Waals surface area contributed by atoms with Crippen LogP contribution in [0.5, 0.6) is 0 Å². The second-order valence-corrected chi connectivity index (χ2v) is 6.21. The number of fused-ring (bicyclic) bond motifs is 3. The van der Waals surface area contributed by atoms with Crippen LogP contribution in [0.3, 0.4) is 0 Å². The van der Waals surface area contributed by atoms with Gasteiger partial charge in [-0.3, -0.25) is 4.40 Å². The van der Waals surface area contributed by atoms with Crippen molar-refractivity contribution in [2.24, 2.45) is 0 Å². The molecule has 8 heteroatoms. The van der Waals surface area contributed by atoms with Crippen LogP contribution in [-0.4, -0.2) is 38.4 Å². The first-order valence-electron chi connectivity index (χ1n) is 8.43. The van der Waals surface area contributed by atoms with E-state index >= 15 is 0 Å². The van der Waals surface area contributed by atoms with Crippen LogP contribution < -0.4 is 0 Å². The summed E-state index contributed by atoms with van der Waals surface area (Å²) in [7, 11) is 0.